The van der Waals surface area contributed by atoms with Gasteiger partial charge < -0.3 is 5.32 Å². The van der Waals surface area contributed by atoms with E-state index in [1.165, 1.54) is 6.92 Å². The van der Waals surface area contributed by atoms with Crippen LogP contribution in [0.25, 0.3) is 10.9 Å². The van der Waals surface area contributed by atoms with Crippen LogP contribution < -0.4 is 5.32 Å². The summed E-state index contributed by atoms with van der Waals surface area (Å²) in [5.74, 6) is -1.01. The van der Waals surface area contributed by atoms with Crippen molar-refractivity contribution in [3.8, 4) is 12.1 Å². The fraction of sp³-hybridized carbons (Fsp3) is 0.316. The Kier molecular flexibility index (Phi) is 4.81. The number of H-pyrrole nitrogens is 1. The monoisotopic (exact) mass is 346 g/mol. The highest BCUT2D eigenvalue weighted by Crippen LogP contribution is 2.39. The van der Waals surface area contributed by atoms with Crippen molar-refractivity contribution < 1.29 is 4.79 Å². The van der Waals surface area contributed by atoms with Gasteiger partial charge in [-0.2, -0.15) is 15.6 Å². The summed E-state index contributed by atoms with van der Waals surface area (Å²) in [6.45, 7) is 3.66. The van der Waals surface area contributed by atoms with Gasteiger partial charge in [-0.3, -0.25) is 14.9 Å². The molecule has 1 amide bonds. The van der Waals surface area contributed by atoms with Crippen LogP contribution in [-0.2, 0) is 4.79 Å². The number of amides is 1. The topological polar surface area (TPSA) is 118 Å². The molecule has 1 aromatic carbocycles. The lowest BCUT2D eigenvalue weighted by molar-refractivity contribution is -0.118. The van der Waals surface area contributed by atoms with Gasteiger partial charge in [0, 0.05) is 36.9 Å². The number of aromatic nitrogens is 2. The third-order valence-corrected chi connectivity index (χ3v) is 4.54. The molecule has 7 nitrogen and oxygen atoms in total. The number of aromatic amines is 1. The molecule has 0 saturated carbocycles. The molecule has 1 aromatic heterocycles. The summed E-state index contributed by atoms with van der Waals surface area (Å²) in [4.78, 5) is 15.6. The number of rotatable bonds is 4. The minimum atomic E-state index is -0.501. The molecule has 2 N–H and O–H groups in total. The maximum Gasteiger partial charge on any atom is 0.216 e. The zero-order chi connectivity index (χ0) is 18.7. The van der Waals surface area contributed by atoms with Gasteiger partial charge in [-0.25, -0.2) is 0 Å². The van der Waals surface area contributed by atoms with Crippen molar-refractivity contribution in [1.29, 1.82) is 10.5 Å². The predicted octanol–water partition coefficient (Wildman–Crippen LogP) is 2.56. The first-order valence-electron chi connectivity index (χ1n) is 8.30. The summed E-state index contributed by atoms with van der Waals surface area (Å²) < 4.78 is 0. The molecule has 26 heavy (non-hydrogen) atoms. The van der Waals surface area contributed by atoms with Gasteiger partial charge in [0.15, 0.2) is 0 Å². The second kappa shape index (κ2) is 7.20. The van der Waals surface area contributed by atoms with E-state index in [1.54, 1.807) is 6.20 Å². The van der Waals surface area contributed by atoms with Gasteiger partial charge in [0.1, 0.15) is 0 Å². The summed E-state index contributed by atoms with van der Waals surface area (Å²) >= 11 is 0. The molecule has 1 aliphatic heterocycles. The Hall–Kier alpha value is -3.45. The van der Waals surface area contributed by atoms with E-state index < -0.39 is 5.92 Å². The van der Waals surface area contributed by atoms with E-state index in [2.05, 4.69) is 32.6 Å². The summed E-state index contributed by atoms with van der Waals surface area (Å²) in [7, 11) is 0. The molecular weight excluding hydrogens is 328 g/mol. The van der Waals surface area contributed by atoms with Crippen LogP contribution in [0.5, 0.6) is 0 Å². The van der Waals surface area contributed by atoms with Crippen molar-refractivity contribution in [3.05, 3.63) is 41.2 Å². The molecule has 2 heterocycles. The summed E-state index contributed by atoms with van der Waals surface area (Å²) in [5.41, 5.74) is 3.57. The first-order valence-corrected chi connectivity index (χ1v) is 8.30. The predicted molar refractivity (Wildman–Crippen MR) is 97.0 cm³/mol. The standard InChI is InChI=1S/C19H18N6O/c1-11-15(8-20)19(13-3-4-17-14(7-13)10-23-25-17)16(9-21)18(24-11)5-6-22-12(2)26/h3-4,7,10,15,19H,5-6H2,1-2H3,(H,22,26)(H,23,25). The number of allylic oxidation sites excluding steroid dienone is 1. The number of nitrogens with one attached hydrogen (secondary N) is 2. The third-order valence-electron chi connectivity index (χ3n) is 4.54. The number of nitrogens with zero attached hydrogens (tertiary/aromatic N) is 4. The van der Waals surface area contributed by atoms with E-state index in [-0.39, 0.29) is 11.8 Å². The van der Waals surface area contributed by atoms with Gasteiger partial charge in [0.25, 0.3) is 0 Å². The average Bonchev–Trinajstić information content (AvgIpc) is 3.08. The van der Waals surface area contributed by atoms with Gasteiger partial charge >= 0.3 is 0 Å². The second-order valence-electron chi connectivity index (χ2n) is 6.26. The Labute approximate surface area is 151 Å². The molecule has 1 aliphatic rings. The molecule has 0 saturated heterocycles. The first kappa shape index (κ1) is 17.4. The number of benzene rings is 1. The molecule has 2 atom stereocenters. The van der Waals surface area contributed by atoms with Gasteiger partial charge in [-0.15, -0.1) is 0 Å². The summed E-state index contributed by atoms with van der Waals surface area (Å²) in [6.07, 6.45) is 2.17. The average molecular weight is 346 g/mol. The summed E-state index contributed by atoms with van der Waals surface area (Å²) in [5, 5.41) is 30.0. The number of carbonyl (C=O) groups excluding carboxylic acids is 1. The Morgan fingerprint density at radius 2 is 2.19 bits per heavy atom. The molecular formula is C19H18N6O. The minimum absolute atomic E-state index is 0.127. The lowest BCUT2D eigenvalue weighted by atomic mass is 9.76. The van der Waals surface area contributed by atoms with Crippen LogP contribution in [0, 0.1) is 28.6 Å². The molecule has 0 fully saturated rings. The van der Waals surface area contributed by atoms with Crippen molar-refractivity contribution in [2.24, 2.45) is 10.9 Å². The van der Waals surface area contributed by atoms with E-state index in [0.717, 1.165) is 16.5 Å². The Morgan fingerprint density at radius 1 is 1.38 bits per heavy atom. The van der Waals surface area contributed by atoms with Crippen LogP contribution in [-0.4, -0.2) is 28.4 Å². The number of nitriles is 2. The smallest absolute Gasteiger partial charge is 0.216 e. The van der Waals surface area contributed by atoms with Crippen molar-refractivity contribution in [1.82, 2.24) is 15.5 Å². The van der Waals surface area contributed by atoms with Gasteiger partial charge in [-0.05, 0) is 24.6 Å². The van der Waals surface area contributed by atoms with Crippen LogP contribution in [0.1, 0.15) is 31.7 Å². The van der Waals surface area contributed by atoms with Crippen LogP contribution in [0.2, 0.25) is 0 Å². The molecule has 0 aliphatic carbocycles. The molecule has 2 unspecified atom stereocenters. The maximum absolute atomic E-state index is 11.1. The molecule has 2 aromatic rings. The van der Waals surface area contributed by atoms with E-state index >= 15 is 0 Å². The molecule has 130 valence electrons. The van der Waals surface area contributed by atoms with Crippen molar-refractivity contribution in [3.63, 3.8) is 0 Å². The normalized spacial score (nSPS) is 19.6. The van der Waals surface area contributed by atoms with Crippen LogP contribution in [0.3, 0.4) is 0 Å². The van der Waals surface area contributed by atoms with Crippen molar-refractivity contribution in [2.45, 2.75) is 26.2 Å². The summed E-state index contributed by atoms with van der Waals surface area (Å²) in [6, 6.07) is 10.3. The number of fused-ring (bicyclic) bond motifs is 1. The number of carbonyl (C=O) groups is 1. The third kappa shape index (κ3) is 3.20. The van der Waals surface area contributed by atoms with Gasteiger partial charge in [0.05, 0.1) is 41.0 Å². The molecule has 3 rings (SSSR count). The van der Waals surface area contributed by atoms with Crippen LogP contribution in [0.4, 0.5) is 0 Å². The highest BCUT2D eigenvalue weighted by atomic mass is 16.1. The second-order valence-corrected chi connectivity index (χ2v) is 6.26. The quantitative estimate of drug-likeness (QED) is 0.884. The van der Waals surface area contributed by atoms with Crippen molar-refractivity contribution in [2.75, 3.05) is 6.54 Å². The Morgan fingerprint density at radius 3 is 2.88 bits per heavy atom. The number of hydrogen-bond donors (Lipinski definition) is 2. The van der Waals surface area contributed by atoms with Crippen LogP contribution in [0.15, 0.2) is 40.7 Å². The highest BCUT2D eigenvalue weighted by Gasteiger charge is 2.34. The molecule has 0 bridgehead atoms. The van der Waals surface area contributed by atoms with Crippen molar-refractivity contribution >= 4 is 22.5 Å². The minimum Gasteiger partial charge on any atom is -0.356 e. The van der Waals surface area contributed by atoms with Gasteiger partial charge in [-0.1, -0.05) is 6.07 Å². The zero-order valence-electron chi connectivity index (χ0n) is 14.6. The largest absolute Gasteiger partial charge is 0.356 e. The van der Waals surface area contributed by atoms with Crippen LogP contribution >= 0.6 is 0 Å². The fourth-order valence-corrected chi connectivity index (χ4v) is 3.29. The Balaban J connectivity index is 2.05. The Bertz CT molecular complexity index is 1000. The fourth-order valence-electron chi connectivity index (χ4n) is 3.29. The highest BCUT2D eigenvalue weighted by molar-refractivity contribution is 5.91. The SMILES string of the molecule is CC(=O)NCCC1=C(C#N)C(c2ccc3[nH]ncc3c2)C(C#N)C(C)=N1. The lowest BCUT2D eigenvalue weighted by Gasteiger charge is -2.28. The zero-order valence-corrected chi connectivity index (χ0v) is 14.6. The number of hydrogen-bond acceptors (Lipinski definition) is 5. The van der Waals surface area contributed by atoms with E-state index in [0.29, 0.717) is 29.9 Å². The lowest BCUT2D eigenvalue weighted by Crippen LogP contribution is -2.27. The maximum atomic E-state index is 11.1. The molecule has 7 heteroatoms. The molecule has 0 radical (unpaired) electrons. The van der Waals surface area contributed by atoms with E-state index in [4.69, 9.17) is 0 Å². The van der Waals surface area contributed by atoms with E-state index in [9.17, 15) is 15.3 Å². The first-order chi connectivity index (χ1) is 12.5. The van der Waals surface area contributed by atoms with E-state index in [1.807, 2.05) is 25.1 Å². The van der Waals surface area contributed by atoms with Gasteiger partial charge in [0.2, 0.25) is 5.91 Å². The molecule has 0 spiro atoms. The number of aliphatic imine (C=N–C) groups is 1.